The molecule has 1 aromatic rings. The van der Waals surface area contributed by atoms with Crippen LogP contribution in [0, 0.1) is 0 Å². The molecule has 0 aromatic carbocycles. The standard InChI is InChI=1S/C12H18Cl2N2S/c1-4-10(8-17-3)16(2)7-9-5-6-11(13)15-12(9)14/h5-6,10H,4,7-8H2,1-3H3. The van der Waals surface area contributed by atoms with Gasteiger partial charge in [0, 0.05) is 23.9 Å². The minimum atomic E-state index is 0.442. The maximum absolute atomic E-state index is 6.07. The van der Waals surface area contributed by atoms with Crippen molar-refractivity contribution in [2.75, 3.05) is 19.1 Å². The first-order valence-electron chi connectivity index (χ1n) is 5.58. The molecule has 1 atom stereocenters. The molecule has 0 spiro atoms. The lowest BCUT2D eigenvalue weighted by Crippen LogP contribution is -2.32. The van der Waals surface area contributed by atoms with E-state index in [4.69, 9.17) is 23.2 Å². The molecule has 0 N–H and O–H groups in total. The van der Waals surface area contributed by atoms with E-state index in [-0.39, 0.29) is 0 Å². The van der Waals surface area contributed by atoms with Crippen LogP contribution in [0.2, 0.25) is 10.3 Å². The van der Waals surface area contributed by atoms with Gasteiger partial charge in [-0.3, -0.25) is 4.90 Å². The van der Waals surface area contributed by atoms with Gasteiger partial charge in [0.2, 0.25) is 0 Å². The predicted molar refractivity (Wildman–Crippen MR) is 78.2 cm³/mol. The third kappa shape index (κ3) is 4.66. The minimum Gasteiger partial charge on any atom is -0.298 e. The monoisotopic (exact) mass is 292 g/mol. The van der Waals surface area contributed by atoms with Crippen molar-refractivity contribution in [2.24, 2.45) is 0 Å². The van der Waals surface area contributed by atoms with Gasteiger partial charge in [-0.05, 0) is 25.8 Å². The summed E-state index contributed by atoms with van der Waals surface area (Å²) in [6, 6.07) is 4.29. The molecule has 0 saturated heterocycles. The van der Waals surface area contributed by atoms with Gasteiger partial charge in [-0.15, -0.1) is 0 Å². The fourth-order valence-electron chi connectivity index (χ4n) is 1.71. The Morgan fingerprint density at radius 3 is 2.65 bits per heavy atom. The lowest BCUT2D eigenvalue weighted by molar-refractivity contribution is 0.247. The number of aromatic nitrogens is 1. The maximum atomic E-state index is 6.07. The van der Waals surface area contributed by atoms with E-state index in [1.165, 1.54) is 0 Å². The van der Waals surface area contributed by atoms with Gasteiger partial charge >= 0.3 is 0 Å². The number of rotatable bonds is 6. The molecule has 2 nitrogen and oxygen atoms in total. The minimum absolute atomic E-state index is 0.442. The Bertz CT molecular complexity index is 360. The van der Waals surface area contributed by atoms with Crippen molar-refractivity contribution in [1.29, 1.82) is 0 Å². The average Bonchev–Trinajstić information content (AvgIpc) is 2.29. The molecule has 0 fully saturated rings. The maximum Gasteiger partial charge on any atom is 0.135 e. The normalized spacial score (nSPS) is 13.1. The molecule has 1 rings (SSSR count). The summed E-state index contributed by atoms with van der Waals surface area (Å²) in [5, 5.41) is 0.945. The molecule has 0 saturated carbocycles. The van der Waals surface area contributed by atoms with Gasteiger partial charge in [-0.25, -0.2) is 4.98 Å². The van der Waals surface area contributed by atoms with Crippen LogP contribution in [0.25, 0.3) is 0 Å². The zero-order valence-corrected chi connectivity index (χ0v) is 12.7. The van der Waals surface area contributed by atoms with Crippen molar-refractivity contribution in [3.8, 4) is 0 Å². The van der Waals surface area contributed by atoms with Crippen LogP contribution in [-0.2, 0) is 6.54 Å². The number of hydrogen-bond acceptors (Lipinski definition) is 3. The number of pyridine rings is 1. The summed E-state index contributed by atoms with van der Waals surface area (Å²) in [7, 11) is 2.12. The van der Waals surface area contributed by atoms with Crippen molar-refractivity contribution < 1.29 is 0 Å². The van der Waals surface area contributed by atoms with Crippen molar-refractivity contribution in [3.63, 3.8) is 0 Å². The Morgan fingerprint density at radius 2 is 2.12 bits per heavy atom. The average molecular weight is 293 g/mol. The second-order valence-corrected chi connectivity index (χ2v) is 5.67. The zero-order chi connectivity index (χ0) is 12.8. The van der Waals surface area contributed by atoms with E-state index in [1.807, 2.05) is 17.8 Å². The van der Waals surface area contributed by atoms with Gasteiger partial charge < -0.3 is 0 Å². The van der Waals surface area contributed by atoms with Gasteiger partial charge in [-0.1, -0.05) is 36.2 Å². The van der Waals surface area contributed by atoms with E-state index in [2.05, 4.69) is 30.1 Å². The van der Waals surface area contributed by atoms with E-state index in [9.17, 15) is 0 Å². The highest BCUT2D eigenvalue weighted by Crippen LogP contribution is 2.19. The number of halogens is 2. The molecule has 1 unspecified atom stereocenters. The molecule has 0 bridgehead atoms. The summed E-state index contributed by atoms with van der Waals surface area (Å²) in [6.45, 7) is 3.02. The van der Waals surface area contributed by atoms with Gasteiger partial charge in [0.25, 0.3) is 0 Å². The molecule has 0 aliphatic rings. The first kappa shape index (κ1) is 15.1. The van der Waals surface area contributed by atoms with Crippen molar-refractivity contribution in [2.45, 2.75) is 25.9 Å². The molecule has 0 amide bonds. The van der Waals surface area contributed by atoms with Gasteiger partial charge in [0.15, 0.2) is 0 Å². The highest BCUT2D eigenvalue weighted by atomic mass is 35.5. The van der Waals surface area contributed by atoms with E-state index in [1.54, 1.807) is 6.07 Å². The van der Waals surface area contributed by atoms with Crippen LogP contribution < -0.4 is 0 Å². The van der Waals surface area contributed by atoms with Crippen LogP contribution in [0.5, 0.6) is 0 Å². The molecular formula is C12H18Cl2N2S. The molecular weight excluding hydrogens is 275 g/mol. The van der Waals surface area contributed by atoms with Crippen LogP contribution in [-0.4, -0.2) is 35.0 Å². The molecule has 5 heteroatoms. The molecule has 96 valence electrons. The molecule has 0 radical (unpaired) electrons. The van der Waals surface area contributed by atoms with Crippen molar-refractivity contribution in [3.05, 3.63) is 28.0 Å². The molecule has 17 heavy (non-hydrogen) atoms. The van der Waals surface area contributed by atoms with E-state index in [0.717, 1.165) is 24.3 Å². The van der Waals surface area contributed by atoms with Crippen LogP contribution >= 0.6 is 35.0 Å². The highest BCUT2D eigenvalue weighted by Gasteiger charge is 2.14. The smallest absolute Gasteiger partial charge is 0.135 e. The SMILES string of the molecule is CCC(CSC)N(C)Cc1ccc(Cl)nc1Cl. The van der Waals surface area contributed by atoms with Gasteiger partial charge in [0.1, 0.15) is 10.3 Å². The topological polar surface area (TPSA) is 16.1 Å². The summed E-state index contributed by atoms with van der Waals surface area (Å²) in [6.07, 6.45) is 3.27. The molecule has 1 aromatic heterocycles. The van der Waals surface area contributed by atoms with Gasteiger partial charge in [0.05, 0.1) is 0 Å². The highest BCUT2D eigenvalue weighted by molar-refractivity contribution is 7.98. The van der Waals surface area contributed by atoms with Crippen LogP contribution in [0.3, 0.4) is 0 Å². The quantitative estimate of drug-likeness (QED) is 0.739. The summed E-state index contributed by atoms with van der Waals surface area (Å²) in [4.78, 5) is 6.37. The Kier molecular flexibility index (Phi) is 6.63. The summed E-state index contributed by atoms with van der Waals surface area (Å²) >= 11 is 13.7. The van der Waals surface area contributed by atoms with Gasteiger partial charge in [-0.2, -0.15) is 11.8 Å². The summed E-state index contributed by atoms with van der Waals surface area (Å²) < 4.78 is 0. The Hall–Kier alpha value is 0.0400. The first-order chi connectivity index (χ1) is 8.08. The Morgan fingerprint density at radius 1 is 1.41 bits per heavy atom. The predicted octanol–water partition coefficient (Wildman–Crippen LogP) is 3.96. The number of hydrogen-bond donors (Lipinski definition) is 0. The lowest BCUT2D eigenvalue weighted by atomic mass is 10.2. The molecule has 0 aliphatic carbocycles. The van der Waals surface area contributed by atoms with Crippen molar-refractivity contribution >= 4 is 35.0 Å². The third-order valence-corrected chi connectivity index (χ3v) is 4.02. The van der Waals surface area contributed by atoms with Crippen LogP contribution in [0.4, 0.5) is 0 Å². The third-order valence-electron chi connectivity index (χ3n) is 2.77. The molecule has 1 heterocycles. The second kappa shape index (κ2) is 7.47. The number of thioether (sulfide) groups is 1. The lowest BCUT2D eigenvalue weighted by Gasteiger charge is -2.26. The largest absolute Gasteiger partial charge is 0.298 e. The van der Waals surface area contributed by atoms with Crippen LogP contribution in [0.1, 0.15) is 18.9 Å². The Balaban J connectivity index is 2.69. The van der Waals surface area contributed by atoms with E-state index >= 15 is 0 Å². The number of nitrogens with zero attached hydrogens (tertiary/aromatic N) is 2. The zero-order valence-electron chi connectivity index (χ0n) is 10.4. The fraction of sp³-hybridized carbons (Fsp3) is 0.583. The summed E-state index contributed by atoms with van der Waals surface area (Å²) in [5.41, 5.74) is 1.03. The first-order valence-corrected chi connectivity index (χ1v) is 7.73. The van der Waals surface area contributed by atoms with E-state index < -0.39 is 0 Å². The van der Waals surface area contributed by atoms with Crippen LogP contribution in [0.15, 0.2) is 12.1 Å². The fourth-order valence-corrected chi connectivity index (χ4v) is 2.99. The Labute approximate surface area is 118 Å². The van der Waals surface area contributed by atoms with E-state index in [0.29, 0.717) is 16.3 Å². The van der Waals surface area contributed by atoms with Crippen molar-refractivity contribution in [1.82, 2.24) is 9.88 Å². The second-order valence-electron chi connectivity index (χ2n) is 4.02. The summed E-state index contributed by atoms with van der Waals surface area (Å²) in [5.74, 6) is 1.13. The molecule has 0 aliphatic heterocycles.